The highest BCUT2D eigenvalue weighted by molar-refractivity contribution is 5.89. The fraction of sp³-hybridized carbons (Fsp3) is 0.353. The van der Waals surface area contributed by atoms with Crippen LogP contribution in [0.5, 0.6) is 5.75 Å². The summed E-state index contributed by atoms with van der Waals surface area (Å²) in [5, 5.41) is 11.8. The lowest BCUT2D eigenvalue weighted by atomic mass is 10.3. The molecule has 1 heterocycles. The number of nitrogens with one attached hydrogen (secondary N) is 4. The lowest BCUT2D eigenvalue weighted by Gasteiger charge is -2.11. The molecule has 0 bridgehead atoms. The highest BCUT2D eigenvalue weighted by atomic mass is 16.5. The number of carbonyl (C=O) groups is 1. The predicted molar refractivity (Wildman–Crippen MR) is 99.4 cm³/mol. The van der Waals surface area contributed by atoms with Gasteiger partial charge in [-0.05, 0) is 26.0 Å². The van der Waals surface area contributed by atoms with E-state index in [1.54, 1.807) is 19.2 Å². The number of hydrogen-bond acceptors (Lipinski definition) is 6. The lowest BCUT2D eigenvalue weighted by Crippen LogP contribution is -2.32. The lowest BCUT2D eigenvalue weighted by molar-refractivity contribution is 0.252. The zero-order chi connectivity index (χ0) is 18.1. The molecule has 2 amide bonds. The first kappa shape index (κ1) is 18.3. The Morgan fingerprint density at radius 3 is 2.76 bits per heavy atom. The van der Waals surface area contributed by atoms with E-state index in [-0.39, 0.29) is 6.03 Å². The highest BCUT2D eigenvalue weighted by Gasteiger charge is 2.03. The Morgan fingerprint density at radius 2 is 2.00 bits per heavy atom. The minimum atomic E-state index is -0.276. The maximum Gasteiger partial charge on any atom is 0.319 e. The summed E-state index contributed by atoms with van der Waals surface area (Å²) >= 11 is 0. The van der Waals surface area contributed by atoms with E-state index in [1.807, 2.05) is 32.0 Å². The van der Waals surface area contributed by atoms with Crippen LogP contribution >= 0.6 is 0 Å². The molecule has 134 valence electrons. The Bertz CT molecular complexity index is 707. The van der Waals surface area contributed by atoms with Crippen molar-refractivity contribution in [2.45, 2.75) is 13.8 Å². The molecule has 8 heteroatoms. The Hall–Kier alpha value is -3.03. The first-order valence-corrected chi connectivity index (χ1v) is 8.13. The van der Waals surface area contributed by atoms with Crippen molar-refractivity contribution in [2.24, 2.45) is 0 Å². The van der Waals surface area contributed by atoms with Gasteiger partial charge in [0.1, 0.15) is 11.6 Å². The van der Waals surface area contributed by atoms with Crippen molar-refractivity contribution in [3.8, 4) is 5.75 Å². The number of ether oxygens (including phenoxy) is 1. The molecule has 0 spiro atoms. The van der Waals surface area contributed by atoms with E-state index in [0.29, 0.717) is 30.5 Å². The number of nitrogens with zero attached hydrogens (tertiary/aromatic N) is 2. The molecule has 0 fully saturated rings. The topological polar surface area (TPSA) is 100 Å². The Morgan fingerprint density at radius 1 is 1.16 bits per heavy atom. The summed E-state index contributed by atoms with van der Waals surface area (Å²) < 4.78 is 5.12. The van der Waals surface area contributed by atoms with Gasteiger partial charge in [0.15, 0.2) is 0 Å². The van der Waals surface area contributed by atoms with E-state index in [1.165, 1.54) is 0 Å². The molecule has 0 radical (unpaired) electrons. The van der Waals surface area contributed by atoms with Crippen LogP contribution in [0.15, 0.2) is 30.3 Å². The molecule has 0 aliphatic carbocycles. The minimum absolute atomic E-state index is 0.276. The summed E-state index contributed by atoms with van der Waals surface area (Å²) in [5.74, 6) is 2.00. The fourth-order valence-corrected chi connectivity index (χ4v) is 2.14. The van der Waals surface area contributed by atoms with Gasteiger partial charge >= 0.3 is 6.03 Å². The molecule has 4 N–H and O–H groups in total. The largest absolute Gasteiger partial charge is 0.497 e. The van der Waals surface area contributed by atoms with Crippen molar-refractivity contribution in [1.29, 1.82) is 0 Å². The van der Waals surface area contributed by atoms with Crippen LogP contribution in [0.25, 0.3) is 0 Å². The van der Waals surface area contributed by atoms with Gasteiger partial charge in [-0.2, -0.15) is 4.98 Å². The Labute approximate surface area is 147 Å². The first-order valence-electron chi connectivity index (χ1n) is 8.13. The standard InChI is InChI=1S/C17H24N6O2/c1-4-18-16-21-12(2)10-15(23-16)19-8-9-20-17(24)22-13-6-5-7-14(11-13)25-3/h5-7,10-11H,4,8-9H2,1-3H3,(H2,20,22,24)(H2,18,19,21,23). The smallest absolute Gasteiger partial charge is 0.319 e. The van der Waals surface area contributed by atoms with Crippen LogP contribution < -0.4 is 26.0 Å². The quantitative estimate of drug-likeness (QED) is 0.549. The number of hydrogen-bond donors (Lipinski definition) is 4. The number of methoxy groups -OCH3 is 1. The Balaban J connectivity index is 1.76. The maximum atomic E-state index is 11.9. The monoisotopic (exact) mass is 344 g/mol. The number of aromatic nitrogens is 2. The second-order valence-corrected chi connectivity index (χ2v) is 5.29. The summed E-state index contributed by atoms with van der Waals surface area (Å²) in [7, 11) is 1.58. The van der Waals surface area contributed by atoms with Gasteiger partial charge in [-0.3, -0.25) is 0 Å². The summed E-state index contributed by atoms with van der Waals surface area (Å²) in [4.78, 5) is 20.5. The number of amides is 2. The third-order valence-electron chi connectivity index (χ3n) is 3.23. The molecule has 0 aliphatic rings. The van der Waals surface area contributed by atoms with Gasteiger partial charge in [0.25, 0.3) is 0 Å². The maximum absolute atomic E-state index is 11.9. The molecule has 1 aromatic heterocycles. The normalized spacial score (nSPS) is 10.0. The Kier molecular flexibility index (Phi) is 6.82. The molecular formula is C17H24N6O2. The number of rotatable bonds is 8. The number of urea groups is 1. The average molecular weight is 344 g/mol. The van der Waals surface area contributed by atoms with Gasteiger partial charge in [-0.15, -0.1) is 0 Å². The van der Waals surface area contributed by atoms with Crippen molar-refractivity contribution < 1.29 is 9.53 Å². The third kappa shape index (κ3) is 6.17. The van der Waals surface area contributed by atoms with Gasteiger partial charge in [-0.1, -0.05) is 6.07 Å². The molecular weight excluding hydrogens is 320 g/mol. The van der Waals surface area contributed by atoms with Crippen molar-refractivity contribution in [1.82, 2.24) is 15.3 Å². The van der Waals surface area contributed by atoms with Crippen LogP contribution in [0.3, 0.4) is 0 Å². The van der Waals surface area contributed by atoms with Gasteiger partial charge in [0, 0.05) is 43.1 Å². The van der Waals surface area contributed by atoms with Crippen LogP contribution in [-0.4, -0.2) is 42.7 Å². The van der Waals surface area contributed by atoms with Gasteiger partial charge in [-0.25, -0.2) is 9.78 Å². The second-order valence-electron chi connectivity index (χ2n) is 5.29. The number of aryl methyl sites for hydroxylation is 1. The van der Waals surface area contributed by atoms with E-state index in [0.717, 1.165) is 18.1 Å². The number of anilines is 3. The highest BCUT2D eigenvalue weighted by Crippen LogP contribution is 2.16. The molecule has 25 heavy (non-hydrogen) atoms. The zero-order valence-electron chi connectivity index (χ0n) is 14.7. The van der Waals surface area contributed by atoms with Crippen LogP contribution in [-0.2, 0) is 0 Å². The van der Waals surface area contributed by atoms with Crippen molar-refractivity contribution in [2.75, 3.05) is 42.7 Å². The van der Waals surface area contributed by atoms with Crippen molar-refractivity contribution in [3.05, 3.63) is 36.0 Å². The van der Waals surface area contributed by atoms with Crippen LogP contribution in [0.4, 0.5) is 22.2 Å². The molecule has 8 nitrogen and oxygen atoms in total. The summed E-state index contributed by atoms with van der Waals surface area (Å²) in [6.07, 6.45) is 0. The van der Waals surface area contributed by atoms with E-state index in [9.17, 15) is 4.79 Å². The first-order chi connectivity index (χ1) is 12.1. The van der Waals surface area contributed by atoms with Gasteiger partial charge in [0.2, 0.25) is 5.95 Å². The summed E-state index contributed by atoms with van der Waals surface area (Å²) in [5.41, 5.74) is 1.55. The van der Waals surface area contributed by atoms with Crippen molar-refractivity contribution >= 4 is 23.5 Å². The van der Waals surface area contributed by atoms with E-state index in [4.69, 9.17) is 4.74 Å². The molecule has 2 aromatic rings. The molecule has 0 atom stereocenters. The number of carbonyl (C=O) groups excluding carboxylic acids is 1. The zero-order valence-corrected chi connectivity index (χ0v) is 14.7. The van der Waals surface area contributed by atoms with E-state index < -0.39 is 0 Å². The van der Waals surface area contributed by atoms with Crippen LogP contribution in [0, 0.1) is 6.92 Å². The van der Waals surface area contributed by atoms with E-state index in [2.05, 4.69) is 31.2 Å². The molecule has 1 aromatic carbocycles. The van der Waals surface area contributed by atoms with Gasteiger partial charge in [0.05, 0.1) is 7.11 Å². The minimum Gasteiger partial charge on any atom is -0.497 e. The van der Waals surface area contributed by atoms with Crippen LogP contribution in [0.1, 0.15) is 12.6 Å². The summed E-state index contributed by atoms with van der Waals surface area (Å²) in [6, 6.07) is 8.77. The fourth-order valence-electron chi connectivity index (χ4n) is 2.14. The molecule has 0 aliphatic heterocycles. The van der Waals surface area contributed by atoms with Crippen LogP contribution in [0.2, 0.25) is 0 Å². The molecule has 0 saturated heterocycles. The van der Waals surface area contributed by atoms with Crippen molar-refractivity contribution in [3.63, 3.8) is 0 Å². The van der Waals surface area contributed by atoms with Gasteiger partial charge < -0.3 is 26.0 Å². The average Bonchev–Trinajstić information content (AvgIpc) is 2.59. The third-order valence-corrected chi connectivity index (χ3v) is 3.23. The molecule has 0 saturated carbocycles. The molecule has 0 unspecified atom stereocenters. The summed E-state index contributed by atoms with van der Waals surface area (Å²) in [6.45, 7) is 5.66. The number of benzene rings is 1. The SMILES string of the molecule is CCNc1nc(C)cc(NCCNC(=O)Nc2cccc(OC)c2)n1. The van der Waals surface area contributed by atoms with E-state index >= 15 is 0 Å². The second kappa shape index (κ2) is 9.31. The molecule has 2 rings (SSSR count). The predicted octanol–water partition coefficient (Wildman–Crippen LogP) is 2.46.